The zero-order valence-corrected chi connectivity index (χ0v) is 9.45. The topological polar surface area (TPSA) is 0 Å². The monoisotopic (exact) mass is 364 g/mol. The van der Waals surface area contributed by atoms with Crippen molar-refractivity contribution in [2.24, 2.45) is 0 Å². The Morgan fingerprint density at radius 2 is 1.00 bits per heavy atom. The predicted molar refractivity (Wildman–Crippen MR) is 42.6 cm³/mol. The number of allylic oxidation sites excluding steroid dienone is 2. The highest BCUT2D eigenvalue weighted by Crippen LogP contribution is 2.41. The van der Waals surface area contributed by atoms with E-state index in [4.69, 9.17) is 0 Å². The van der Waals surface area contributed by atoms with Crippen LogP contribution in [0, 0.1) is 0 Å². The van der Waals surface area contributed by atoms with E-state index in [1.807, 2.05) is 0 Å². The number of halogens is 14. The highest BCUT2D eigenvalue weighted by atomic mass is 19.4. The normalized spacial score (nSPS) is 14.2. The summed E-state index contributed by atoms with van der Waals surface area (Å²) in [5.41, 5.74) is 0. The van der Waals surface area contributed by atoms with Crippen molar-refractivity contribution >= 4 is 0 Å². The van der Waals surface area contributed by atoms with Gasteiger partial charge in [-0.15, -0.1) is 0 Å². The zero-order valence-electron chi connectivity index (χ0n) is 9.45. The van der Waals surface area contributed by atoms with Gasteiger partial charge in [-0.3, -0.25) is 0 Å². The molecule has 0 aliphatic rings. The van der Waals surface area contributed by atoms with Gasteiger partial charge in [0, 0.05) is 0 Å². The minimum Gasteiger partial charge on any atom is -0.212 e. The molecule has 0 nitrogen and oxygen atoms in total. The van der Waals surface area contributed by atoms with Gasteiger partial charge in [0.1, 0.15) is 6.33 Å². The van der Waals surface area contributed by atoms with Gasteiger partial charge in [-0.1, -0.05) is 0 Å². The van der Waals surface area contributed by atoms with Crippen LogP contribution in [0.3, 0.4) is 0 Å². The molecule has 0 unspecified atom stereocenters. The fraction of sp³-hybridized carbons (Fsp3) is 0.500. The molecule has 0 aromatic rings. The summed E-state index contributed by atoms with van der Waals surface area (Å²) in [6.07, 6.45) is -18.0. The summed E-state index contributed by atoms with van der Waals surface area (Å²) in [7, 11) is 0. The van der Waals surface area contributed by atoms with Crippen LogP contribution in [0.25, 0.3) is 0 Å². The number of alkyl halides is 10. The van der Waals surface area contributed by atoms with Crippen LogP contribution in [-0.4, -0.2) is 24.2 Å². The van der Waals surface area contributed by atoms with Crippen LogP contribution in [0.4, 0.5) is 61.5 Å². The Morgan fingerprint density at radius 3 is 1.09 bits per heavy atom. The van der Waals surface area contributed by atoms with Crippen molar-refractivity contribution in [3.05, 3.63) is 24.3 Å². The van der Waals surface area contributed by atoms with Gasteiger partial charge in [0.15, 0.2) is 0 Å². The second-order valence-corrected chi connectivity index (χ2v) is 3.08. The molecule has 0 heterocycles. The van der Waals surface area contributed by atoms with Gasteiger partial charge in [-0.2, -0.15) is 52.7 Å². The third-order valence-electron chi connectivity index (χ3n) is 1.42. The Morgan fingerprint density at radius 1 is 0.636 bits per heavy atom. The second kappa shape index (κ2) is 7.17. The van der Waals surface area contributed by atoms with Gasteiger partial charge in [-0.25, -0.2) is 8.78 Å². The molecule has 132 valence electrons. The summed E-state index contributed by atoms with van der Waals surface area (Å²) < 4.78 is 157. The van der Waals surface area contributed by atoms with Crippen LogP contribution in [0.5, 0.6) is 0 Å². The molecule has 0 aromatic carbocycles. The largest absolute Gasteiger partial charge is 0.460 e. The summed E-state index contributed by atoms with van der Waals surface area (Å²) >= 11 is 0. The molecule has 0 spiro atoms. The maximum atomic E-state index is 11.5. The zero-order chi connectivity index (χ0) is 18.6. The molecule has 0 aliphatic carbocycles. The lowest BCUT2D eigenvalue weighted by molar-refractivity contribution is -0.270. The number of hydrogen-bond donors (Lipinski definition) is 0. The van der Waals surface area contributed by atoms with E-state index in [2.05, 4.69) is 0 Å². The van der Waals surface area contributed by atoms with Crippen LogP contribution in [-0.2, 0) is 0 Å². The van der Waals surface area contributed by atoms with Gasteiger partial charge < -0.3 is 0 Å². The lowest BCUT2D eigenvalue weighted by Gasteiger charge is -2.16. The summed E-state index contributed by atoms with van der Waals surface area (Å²) in [5.74, 6) is -14.3. The summed E-state index contributed by atoms with van der Waals surface area (Å²) in [5, 5.41) is 0. The molecule has 0 saturated heterocycles. The summed E-state index contributed by atoms with van der Waals surface area (Å²) in [4.78, 5) is 0. The Labute approximate surface area is 111 Å². The van der Waals surface area contributed by atoms with E-state index in [-0.39, 0.29) is 0 Å². The molecular formula is C8H2F14. The van der Waals surface area contributed by atoms with E-state index in [1.54, 1.807) is 0 Å². The smallest absolute Gasteiger partial charge is 0.212 e. The molecule has 0 radical (unpaired) electrons. The van der Waals surface area contributed by atoms with E-state index in [0.717, 1.165) is 0 Å². The van der Waals surface area contributed by atoms with Crippen LogP contribution in [0.15, 0.2) is 24.3 Å². The lowest BCUT2D eigenvalue weighted by atomic mass is 10.3. The molecule has 14 heteroatoms. The molecule has 0 fully saturated rings. The van der Waals surface area contributed by atoms with Crippen molar-refractivity contribution in [2.75, 3.05) is 0 Å². The molecule has 0 amide bonds. The van der Waals surface area contributed by atoms with E-state index in [0.29, 0.717) is 0 Å². The third kappa shape index (κ3) is 6.51. The van der Waals surface area contributed by atoms with Gasteiger partial charge in [0.25, 0.3) is 6.08 Å². The number of hydrogen-bond acceptors (Lipinski definition) is 0. The first-order valence-electron chi connectivity index (χ1n) is 4.29. The molecular weight excluding hydrogens is 362 g/mol. The Bertz CT molecular complexity index is 404. The molecule has 0 atom stereocenters. The molecule has 0 bridgehead atoms. The average molecular weight is 364 g/mol. The van der Waals surface area contributed by atoms with Crippen LogP contribution in [0.1, 0.15) is 0 Å². The fourth-order valence-corrected chi connectivity index (χ4v) is 0.423. The summed E-state index contributed by atoms with van der Waals surface area (Å²) in [6, 6.07) is 0. The van der Waals surface area contributed by atoms with Gasteiger partial charge in [-0.05, 0) is 0 Å². The molecule has 0 aromatic heterocycles. The van der Waals surface area contributed by atoms with Crippen LogP contribution in [0.2, 0.25) is 0 Å². The third-order valence-corrected chi connectivity index (χ3v) is 1.42. The quantitative estimate of drug-likeness (QED) is 0.533. The van der Waals surface area contributed by atoms with Crippen molar-refractivity contribution < 1.29 is 61.5 Å². The highest BCUT2D eigenvalue weighted by molar-refractivity contribution is 5.04. The SMILES string of the molecule is FC(F)=CC(F)(F)C(F)(F)F.FC=C(F)C(F)(F)C(F)(F)F. The molecule has 0 rings (SSSR count). The molecule has 0 saturated carbocycles. The highest BCUT2D eigenvalue weighted by Gasteiger charge is 2.61. The minimum atomic E-state index is -6.10. The first-order valence-corrected chi connectivity index (χ1v) is 4.29. The van der Waals surface area contributed by atoms with Gasteiger partial charge in [0.05, 0.1) is 6.08 Å². The minimum absolute atomic E-state index is 1.42. The lowest BCUT2D eigenvalue weighted by Crippen LogP contribution is -2.36. The molecule has 22 heavy (non-hydrogen) atoms. The van der Waals surface area contributed by atoms with E-state index in [1.165, 1.54) is 0 Å². The van der Waals surface area contributed by atoms with Crippen molar-refractivity contribution in [3.8, 4) is 0 Å². The van der Waals surface area contributed by atoms with Gasteiger partial charge in [0.2, 0.25) is 5.83 Å². The van der Waals surface area contributed by atoms with E-state index in [9.17, 15) is 61.5 Å². The van der Waals surface area contributed by atoms with Crippen LogP contribution < -0.4 is 0 Å². The average Bonchev–Trinajstić information content (AvgIpc) is 2.23. The predicted octanol–water partition coefficient (Wildman–Crippen LogP) is 5.93. The van der Waals surface area contributed by atoms with Crippen molar-refractivity contribution in [3.63, 3.8) is 0 Å². The van der Waals surface area contributed by atoms with Crippen molar-refractivity contribution in [2.45, 2.75) is 24.2 Å². The fourth-order valence-electron chi connectivity index (χ4n) is 0.423. The molecule has 0 N–H and O–H groups in total. The van der Waals surface area contributed by atoms with Crippen LogP contribution >= 0.6 is 0 Å². The number of rotatable bonds is 2. The Kier molecular flexibility index (Phi) is 7.43. The standard InChI is InChI=1S/2C4HF7/c5-1-2(6)3(7,8)4(9,10)11;5-2(6)1-3(7,8)4(9,10)11/h2*1H. The molecule has 0 aliphatic heterocycles. The Balaban J connectivity index is 0. The summed E-state index contributed by atoms with van der Waals surface area (Å²) in [6.45, 7) is 0. The maximum Gasteiger partial charge on any atom is 0.460 e. The van der Waals surface area contributed by atoms with Gasteiger partial charge >= 0.3 is 24.2 Å². The van der Waals surface area contributed by atoms with Crippen molar-refractivity contribution in [1.29, 1.82) is 0 Å². The Hall–Kier alpha value is -1.50. The van der Waals surface area contributed by atoms with E-state index < -0.39 is 48.5 Å². The first-order chi connectivity index (χ1) is 9.40. The maximum absolute atomic E-state index is 11.5. The van der Waals surface area contributed by atoms with Crippen molar-refractivity contribution in [1.82, 2.24) is 0 Å². The van der Waals surface area contributed by atoms with E-state index >= 15 is 0 Å². The second-order valence-electron chi connectivity index (χ2n) is 3.08. The first kappa shape index (κ1) is 22.8.